The number of nitrogens with one attached hydrogen (secondary N) is 1. The van der Waals surface area contributed by atoms with E-state index in [9.17, 15) is 24.1 Å². The fraction of sp³-hybridized carbons (Fsp3) is 0.0667. The molecule has 0 spiro atoms. The van der Waals surface area contributed by atoms with E-state index >= 15 is 0 Å². The molecule has 0 aliphatic carbocycles. The summed E-state index contributed by atoms with van der Waals surface area (Å²) in [6.07, 6.45) is -0.364. The monoisotopic (exact) mass is 334 g/mol. The Balaban J connectivity index is 2.15. The second-order valence-corrected chi connectivity index (χ2v) is 4.47. The first-order chi connectivity index (χ1) is 11.4. The number of anilines is 1. The summed E-state index contributed by atoms with van der Waals surface area (Å²) in [5, 5.41) is 12.9. The van der Waals surface area contributed by atoms with Crippen LogP contribution in [-0.2, 0) is 0 Å². The van der Waals surface area contributed by atoms with Crippen LogP contribution in [0.2, 0.25) is 0 Å². The Labute approximate surface area is 135 Å². The van der Waals surface area contributed by atoms with Gasteiger partial charge in [-0.15, -0.1) is 0 Å². The van der Waals surface area contributed by atoms with Crippen molar-refractivity contribution in [1.29, 1.82) is 0 Å². The maximum absolute atomic E-state index is 13.2. The summed E-state index contributed by atoms with van der Waals surface area (Å²) >= 11 is 0. The van der Waals surface area contributed by atoms with Crippen LogP contribution in [0.25, 0.3) is 0 Å². The normalized spacial score (nSPS) is 9.92. The number of hydrogen-bond acceptors (Lipinski definition) is 6. The summed E-state index contributed by atoms with van der Waals surface area (Å²) in [6.45, 7) is 0. The fourth-order valence-electron chi connectivity index (χ4n) is 1.82. The minimum Gasteiger partial charge on any atom is -0.493 e. The van der Waals surface area contributed by atoms with Crippen LogP contribution in [0.1, 0.15) is 10.4 Å². The molecule has 0 atom stereocenters. The molecule has 0 saturated heterocycles. The van der Waals surface area contributed by atoms with Gasteiger partial charge in [-0.1, -0.05) is 0 Å². The number of halogens is 1. The van der Waals surface area contributed by atoms with Gasteiger partial charge in [-0.05, 0) is 30.3 Å². The van der Waals surface area contributed by atoms with E-state index in [-0.39, 0.29) is 17.2 Å². The van der Waals surface area contributed by atoms with Crippen LogP contribution in [-0.4, -0.2) is 24.4 Å². The minimum atomic E-state index is -1.02. The molecule has 0 bridgehead atoms. The smallest absolute Gasteiger partial charge is 0.417 e. The molecule has 2 rings (SSSR count). The zero-order valence-electron chi connectivity index (χ0n) is 12.3. The summed E-state index contributed by atoms with van der Waals surface area (Å²) in [7, 11) is 1.33. The summed E-state index contributed by atoms with van der Waals surface area (Å²) in [4.78, 5) is 32.3. The van der Waals surface area contributed by atoms with Crippen molar-refractivity contribution in [3.8, 4) is 11.5 Å². The van der Waals surface area contributed by atoms with Gasteiger partial charge >= 0.3 is 11.8 Å². The lowest BCUT2D eigenvalue weighted by molar-refractivity contribution is -0.387. The zero-order chi connectivity index (χ0) is 17.7. The number of amides is 1. The molecule has 2 aromatic carbocycles. The summed E-state index contributed by atoms with van der Waals surface area (Å²) in [6, 6.07) is 7.02. The molecule has 0 aromatic heterocycles. The molecule has 8 nitrogen and oxygen atoms in total. The second kappa shape index (κ2) is 7.18. The van der Waals surface area contributed by atoms with E-state index in [1.807, 2.05) is 0 Å². The van der Waals surface area contributed by atoms with E-state index in [2.05, 4.69) is 5.32 Å². The first-order valence-electron chi connectivity index (χ1n) is 6.50. The van der Waals surface area contributed by atoms with Gasteiger partial charge < -0.3 is 9.47 Å². The zero-order valence-corrected chi connectivity index (χ0v) is 12.3. The predicted molar refractivity (Wildman–Crippen MR) is 81.1 cm³/mol. The lowest BCUT2D eigenvalue weighted by Crippen LogP contribution is -2.17. The van der Waals surface area contributed by atoms with Crippen LogP contribution in [0, 0.1) is 15.9 Å². The van der Waals surface area contributed by atoms with E-state index in [1.54, 1.807) is 0 Å². The first kappa shape index (κ1) is 16.9. The molecular weight excluding hydrogens is 323 g/mol. The Morgan fingerprint density at radius 2 is 2.00 bits per heavy atom. The van der Waals surface area contributed by atoms with Gasteiger partial charge in [0.2, 0.25) is 5.82 Å². The summed E-state index contributed by atoms with van der Waals surface area (Å²) in [5.41, 5.74) is -0.467. The van der Waals surface area contributed by atoms with Crippen molar-refractivity contribution in [3.05, 3.63) is 57.9 Å². The van der Waals surface area contributed by atoms with Gasteiger partial charge in [-0.2, -0.15) is 4.39 Å². The molecule has 0 heterocycles. The molecule has 1 N–H and O–H groups in total. The molecule has 24 heavy (non-hydrogen) atoms. The lowest BCUT2D eigenvalue weighted by Gasteiger charge is -2.10. The van der Waals surface area contributed by atoms with E-state index in [1.165, 1.54) is 25.3 Å². The minimum absolute atomic E-state index is 0.0171. The molecule has 1 amide bonds. The first-order valence-corrected chi connectivity index (χ1v) is 6.50. The van der Waals surface area contributed by atoms with Gasteiger partial charge in [0.25, 0.3) is 0 Å². The van der Waals surface area contributed by atoms with Crippen molar-refractivity contribution in [1.82, 2.24) is 0 Å². The summed E-state index contributed by atoms with van der Waals surface area (Å²) in [5.74, 6) is -0.831. The number of hydrogen-bond donors (Lipinski definition) is 1. The number of ether oxygens (including phenoxy) is 2. The van der Waals surface area contributed by atoms with Crippen LogP contribution >= 0.6 is 0 Å². The molecule has 0 aliphatic heterocycles. The molecule has 0 saturated carbocycles. The highest BCUT2D eigenvalue weighted by Crippen LogP contribution is 2.28. The average molecular weight is 334 g/mol. The Morgan fingerprint density at radius 3 is 2.62 bits per heavy atom. The molecule has 2 aromatic rings. The van der Waals surface area contributed by atoms with Crippen LogP contribution < -0.4 is 14.8 Å². The van der Waals surface area contributed by atoms with E-state index in [0.29, 0.717) is 11.8 Å². The number of nitro groups is 1. The number of nitrogens with zero attached hydrogens (tertiary/aromatic N) is 1. The third-order valence-electron chi connectivity index (χ3n) is 2.92. The van der Waals surface area contributed by atoms with E-state index < -0.39 is 22.5 Å². The maximum Gasteiger partial charge on any atom is 0.417 e. The topological polar surface area (TPSA) is 108 Å². The third-order valence-corrected chi connectivity index (χ3v) is 2.92. The fourth-order valence-corrected chi connectivity index (χ4v) is 1.82. The van der Waals surface area contributed by atoms with Crippen molar-refractivity contribution in [2.24, 2.45) is 0 Å². The standard InChI is InChI=1S/C15H11FN2O6/c1-23-14-6-9(8-19)2-5-13(14)24-15(20)17-10-3-4-11(16)12(7-10)18(21)22/h2-8H,1H3,(H,17,20). The van der Waals surface area contributed by atoms with Gasteiger partial charge in [0.1, 0.15) is 6.29 Å². The van der Waals surface area contributed by atoms with E-state index in [0.717, 1.165) is 18.2 Å². The largest absolute Gasteiger partial charge is 0.493 e. The molecule has 0 aliphatic rings. The van der Waals surface area contributed by atoms with Crippen LogP contribution in [0.5, 0.6) is 11.5 Å². The lowest BCUT2D eigenvalue weighted by atomic mass is 10.2. The van der Waals surface area contributed by atoms with Crippen molar-refractivity contribution in [3.63, 3.8) is 0 Å². The number of rotatable bonds is 5. The van der Waals surface area contributed by atoms with Crippen molar-refractivity contribution in [2.75, 3.05) is 12.4 Å². The number of benzene rings is 2. The van der Waals surface area contributed by atoms with Gasteiger partial charge in [-0.25, -0.2) is 4.79 Å². The molecule has 9 heteroatoms. The quantitative estimate of drug-likeness (QED) is 0.511. The highest BCUT2D eigenvalue weighted by molar-refractivity contribution is 5.87. The predicted octanol–water partition coefficient (Wildman–Crippen LogP) is 3.17. The molecule has 0 fully saturated rings. The van der Waals surface area contributed by atoms with E-state index in [4.69, 9.17) is 9.47 Å². The number of nitro benzene ring substituents is 1. The van der Waals surface area contributed by atoms with Gasteiger partial charge in [0, 0.05) is 11.6 Å². The number of methoxy groups -OCH3 is 1. The van der Waals surface area contributed by atoms with Gasteiger partial charge in [-0.3, -0.25) is 20.2 Å². The van der Waals surface area contributed by atoms with Crippen molar-refractivity contribution in [2.45, 2.75) is 0 Å². The number of aldehydes is 1. The van der Waals surface area contributed by atoms with Crippen LogP contribution in [0.4, 0.5) is 20.6 Å². The Kier molecular flexibility index (Phi) is 5.05. The Morgan fingerprint density at radius 1 is 1.25 bits per heavy atom. The highest BCUT2D eigenvalue weighted by atomic mass is 19.1. The SMILES string of the molecule is COc1cc(C=O)ccc1OC(=O)Nc1ccc(F)c([N+](=O)[O-])c1. The summed E-state index contributed by atoms with van der Waals surface area (Å²) < 4.78 is 23.3. The van der Waals surface area contributed by atoms with Gasteiger partial charge in [0.15, 0.2) is 11.5 Å². The number of carbonyl (C=O) groups excluding carboxylic acids is 2. The van der Waals surface area contributed by atoms with Crippen LogP contribution in [0.3, 0.4) is 0 Å². The second-order valence-electron chi connectivity index (χ2n) is 4.47. The molecule has 0 unspecified atom stereocenters. The molecule has 0 radical (unpaired) electrons. The maximum atomic E-state index is 13.2. The van der Waals surface area contributed by atoms with Crippen molar-refractivity contribution < 1.29 is 28.4 Å². The highest BCUT2D eigenvalue weighted by Gasteiger charge is 2.16. The molecule has 124 valence electrons. The average Bonchev–Trinajstić information content (AvgIpc) is 2.56. The molecular formula is C15H11FN2O6. The Hall–Kier alpha value is -3.49. The van der Waals surface area contributed by atoms with Crippen LogP contribution in [0.15, 0.2) is 36.4 Å². The third kappa shape index (κ3) is 3.83. The van der Waals surface area contributed by atoms with Crippen molar-refractivity contribution >= 4 is 23.8 Å². The number of carbonyl (C=O) groups is 2. The van der Waals surface area contributed by atoms with Gasteiger partial charge in [0.05, 0.1) is 17.7 Å². The Bertz CT molecular complexity index is 809.